The lowest BCUT2D eigenvalue weighted by molar-refractivity contribution is 0.165. The van der Waals surface area contributed by atoms with E-state index < -0.39 is 0 Å². The van der Waals surface area contributed by atoms with Crippen molar-refractivity contribution in [3.8, 4) is 0 Å². The minimum absolute atomic E-state index is 0.105. The second-order valence-corrected chi connectivity index (χ2v) is 6.87. The molecule has 1 aromatic heterocycles. The van der Waals surface area contributed by atoms with Gasteiger partial charge < -0.3 is 10.4 Å². The van der Waals surface area contributed by atoms with E-state index in [0.717, 1.165) is 31.6 Å². The highest BCUT2D eigenvalue weighted by Crippen LogP contribution is 2.25. The summed E-state index contributed by atoms with van der Waals surface area (Å²) < 4.78 is 1.39. The van der Waals surface area contributed by atoms with Crippen LogP contribution in [0.1, 0.15) is 33.1 Å². The van der Waals surface area contributed by atoms with Crippen LogP contribution in [0.25, 0.3) is 0 Å². The van der Waals surface area contributed by atoms with E-state index in [-0.39, 0.29) is 12.1 Å². The molecule has 1 heterocycles. The molecule has 1 atom stereocenters. The zero-order chi connectivity index (χ0) is 12.6. The van der Waals surface area contributed by atoms with Crippen molar-refractivity contribution in [2.24, 2.45) is 0 Å². The number of thioether (sulfide) groups is 1. The zero-order valence-electron chi connectivity index (χ0n) is 10.7. The molecular formula is C13H23NOS2. The Labute approximate surface area is 113 Å². The van der Waals surface area contributed by atoms with Crippen molar-refractivity contribution in [2.45, 2.75) is 42.9 Å². The second kappa shape index (κ2) is 8.14. The van der Waals surface area contributed by atoms with Crippen LogP contribution in [0.5, 0.6) is 0 Å². The molecule has 0 fully saturated rings. The van der Waals surface area contributed by atoms with Crippen molar-refractivity contribution in [1.82, 2.24) is 5.32 Å². The standard InChI is InChI=1S/C13H23NOS2/c1-3-8-14-13(2,11-15)7-5-10-17-12-6-4-9-16-12/h4,6,9,14-15H,3,5,7-8,10-11H2,1-2H3. The van der Waals surface area contributed by atoms with Crippen LogP contribution in [0.2, 0.25) is 0 Å². The third-order valence-corrected chi connectivity index (χ3v) is 4.98. The van der Waals surface area contributed by atoms with Crippen molar-refractivity contribution in [1.29, 1.82) is 0 Å². The van der Waals surface area contributed by atoms with E-state index in [0.29, 0.717) is 0 Å². The molecule has 0 aliphatic rings. The van der Waals surface area contributed by atoms with Gasteiger partial charge in [-0.15, -0.1) is 23.1 Å². The lowest BCUT2D eigenvalue weighted by Crippen LogP contribution is -2.46. The van der Waals surface area contributed by atoms with Crippen LogP contribution in [-0.2, 0) is 0 Å². The molecule has 2 N–H and O–H groups in total. The molecule has 1 aromatic rings. The maximum Gasteiger partial charge on any atom is 0.0610 e. The summed E-state index contributed by atoms with van der Waals surface area (Å²) in [5, 5.41) is 15.0. The number of thiophene rings is 1. The highest BCUT2D eigenvalue weighted by Gasteiger charge is 2.21. The maximum absolute atomic E-state index is 9.43. The van der Waals surface area contributed by atoms with E-state index in [9.17, 15) is 5.11 Å². The van der Waals surface area contributed by atoms with Gasteiger partial charge in [-0.05, 0) is 49.9 Å². The van der Waals surface area contributed by atoms with Gasteiger partial charge in [0.25, 0.3) is 0 Å². The third kappa shape index (κ3) is 5.91. The quantitative estimate of drug-likeness (QED) is 0.534. The predicted molar refractivity (Wildman–Crippen MR) is 78.1 cm³/mol. The summed E-state index contributed by atoms with van der Waals surface area (Å²) in [5.41, 5.74) is -0.105. The lowest BCUT2D eigenvalue weighted by Gasteiger charge is -2.28. The Morgan fingerprint density at radius 2 is 2.35 bits per heavy atom. The number of hydrogen-bond acceptors (Lipinski definition) is 4. The average molecular weight is 273 g/mol. The van der Waals surface area contributed by atoms with Crippen LogP contribution in [0, 0.1) is 0 Å². The van der Waals surface area contributed by atoms with Gasteiger partial charge in [-0.2, -0.15) is 0 Å². The summed E-state index contributed by atoms with van der Waals surface area (Å²) in [7, 11) is 0. The van der Waals surface area contributed by atoms with Gasteiger partial charge in [0, 0.05) is 5.54 Å². The summed E-state index contributed by atoms with van der Waals surface area (Å²) in [4.78, 5) is 0. The number of rotatable bonds is 9. The van der Waals surface area contributed by atoms with Gasteiger partial charge >= 0.3 is 0 Å². The number of aliphatic hydroxyl groups is 1. The Morgan fingerprint density at radius 1 is 1.53 bits per heavy atom. The van der Waals surface area contributed by atoms with Gasteiger partial charge in [0.05, 0.1) is 10.8 Å². The van der Waals surface area contributed by atoms with Crippen LogP contribution in [0.15, 0.2) is 21.7 Å². The van der Waals surface area contributed by atoms with Crippen LogP contribution in [-0.4, -0.2) is 29.5 Å². The molecule has 0 aromatic carbocycles. The zero-order valence-corrected chi connectivity index (χ0v) is 12.4. The molecule has 2 nitrogen and oxygen atoms in total. The van der Waals surface area contributed by atoms with E-state index in [2.05, 4.69) is 36.7 Å². The first-order valence-corrected chi connectivity index (χ1v) is 8.09. The first kappa shape index (κ1) is 15.0. The Kier molecular flexibility index (Phi) is 7.19. The minimum Gasteiger partial charge on any atom is -0.394 e. The molecule has 0 saturated heterocycles. The minimum atomic E-state index is -0.105. The number of aliphatic hydroxyl groups excluding tert-OH is 1. The molecule has 4 heteroatoms. The van der Waals surface area contributed by atoms with E-state index in [4.69, 9.17) is 0 Å². The van der Waals surface area contributed by atoms with Crippen molar-refractivity contribution >= 4 is 23.1 Å². The van der Waals surface area contributed by atoms with Gasteiger partial charge in [-0.3, -0.25) is 0 Å². The molecule has 0 radical (unpaired) electrons. The summed E-state index contributed by atoms with van der Waals surface area (Å²) in [6.07, 6.45) is 3.28. The first-order valence-electron chi connectivity index (χ1n) is 6.22. The van der Waals surface area contributed by atoms with Crippen LogP contribution >= 0.6 is 23.1 Å². The molecule has 0 saturated carbocycles. The van der Waals surface area contributed by atoms with E-state index in [1.807, 2.05) is 11.8 Å². The van der Waals surface area contributed by atoms with Crippen molar-refractivity contribution in [3.05, 3.63) is 17.5 Å². The maximum atomic E-state index is 9.43. The van der Waals surface area contributed by atoms with Gasteiger partial charge in [0.15, 0.2) is 0 Å². The van der Waals surface area contributed by atoms with Crippen LogP contribution in [0.3, 0.4) is 0 Å². The number of hydrogen-bond donors (Lipinski definition) is 2. The van der Waals surface area contributed by atoms with Crippen LogP contribution in [0.4, 0.5) is 0 Å². The predicted octanol–water partition coefficient (Wildman–Crippen LogP) is 3.37. The summed E-state index contributed by atoms with van der Waals surface area (Å²) >= 11 is 3.71. The fourth-order valence-corrected chi connectivity index (χ4v) is 3.43. The molecule has 0 amide bonds. The summed E-state index contributed by atoms with van der Waals surface area (Å²) in [6.45, 7) is 5.46. The normalized spacial score (nSPS) is 14.8. The van der Waals surface area contributed by atoms with Crippen molar-refractivity contribution in [3.63, 3.8) is 0 Å². The monoisotopic (exact) mass is 273 g/mol. The lowest BCUT2D eigenvalue weighted by atomic mass is 9.97. The van der Waals surface area contributed by atoms with E-state index in [1.54, 1.807) is 11.3 Å². The Balaban J connectivity index is 2.18. The fourth-order valence-electron chi connectivity index (χ4n) is 1.63. The number of nitrogens with one attached hydrogen (secondary N) is 1. The Bertz CT molecular complexity index is 290. The van der Waals surface area contributed by atoms with Gasteiger partial charge in [-0.25, -0.2) is 0 Å². The highest BCUT2D eigenvalue weighted by atomic mass is 32.2. The molecular weight excluding hydrogens is 250 g/mol. The Hall–Kier alpha value is -0.0300. The molecule has 17 heavy (non-hydrogen) atoms. The second-order valence-electron chi connectivity index (χ2n) is 4.53. The largest absolute Gasteiger partial charge is 0.394 e. The fraction of sp³-hybridized carbons (Fsp3) is 0.692. The summed E-state index contributed by atoms with van der Waals surface area (Å²) in [5.74, 6) is 1.13. The molecule has 98 valence electrons. The Morgan fingerprint density at radius 3 is 2.94 bits per heavy atom. The van der Waals surface area contributed by atoms with Crippen molar-refractivity contribution in [2.75, 3.05) is 18.9 Å². The smallest absolute Gasteiger partial charge is 0.0610 e. The topological polar surface area (TPSA) is 32.3 Å². The van der Waals surface area contributed by atoms with Gasteiger partial charge in [0.2, 0.25) is 0 Å². The van der Waals surface area contributed by atoms with Gasteiger partial charge in [0.1, 0.15) is 0 Å². The molecule has 0 spiro atoms. The SMILES string of the molecule is CCCNC(C)(CO)CCCSc1cccs1. The molecule has 1 rings (SSSR count). The van der Waals surface area contributed by atoms with E-state index in [1.165, 1.54) is 4.21 Å². The van der Waals surface area contributed by atoms with Crippen molar-refractivity contribution < 1.29 is 5.11 Å². The third-order valence-electron chi connectivity index (χ3n) is 2.76. The van der Waals surface area contributed by atoms with Gasteiger partial charge in [-0.1, -0.05) is 13.0 Å². The van der Waals surface area contributed by atoms with Crippen LogP contribution < -0.4 is 5.32 Å². The molecule has 0 aliphatic heterocycles. The average Bonchev–Trinajstić information content (AvgIpc) is 2.85. The molecule has 1 unspecified atom stereocenters. The molecule has 0 aliphatic carbocycles. The molecule has 0 bridgehead atoms. The first-order chi connectivity index (χ1) is 8.20. The highest BCUT2D eigenvalue weighted by molar-refractivity contribution is 8.01. The van der Waals surface area contributed by atoms with E-state index >= 15 is 0 Å². The summed E-state index contributed by atoms with van der Waals surface area (Å²) in [6, 6.07) is 4.25.